The third-order valence-corrected chi connectivity index (χ3v) is 5.91. The SMILES string of the molecule is CC(C)(C)C(CCCCC[P+](=O)[O-])(C(C)(C)C)C(C)(C)C. The van der Waals surface area contributed by atoms with E-state index in [0.717, 1.165) is 25.7 Å². The van der Waals surface area contributed by atoms with E-state index in [9.17, 15) is 9.46 Å². The van der Waals surface area contributed by atoms with Gasteiger partial charge in [0.15, 0.2) is 0 Å². The zero-order chi connectivity index (χ0) is 17.1. The zero-order valence-corrected chi connectivity index (χ0v) is 16.7. The van der Waals surface area contributed by atoms with Crippen LogP contribution in [0.25, 0.3) is 0 Å². The Kier molecular flexibility index (Phi) is 7.11. The van der Waals surface area contributed by atoms with Crippen LogP contribution in [0.3, 0.4) is 0 Å². The van der Waals surface area contributed by atoms with E-state index in [2.05, 4.69) is 62.3 Å². The quantitative estimate of drug-likeness (QED) is 0.460. The van der Waals surface area contributed by atoms with Gasteiger partial charge < -0.3 is 4.89 Å². The average Bonchev–Trinajstić information content (AvgIpc) is 2.16. The van der Waals surface area contributed by atoms with Crippen molar-refractivity contribution in [2.75, 3.05) is 6.16 Å². The summed E-state index contributed by atoms with van der Waals surface area (Å²) in [7, 11) is -2.21. The van der Waals surface area contributed by atoms with Crippen LogP contribution >= 0.6 is 8.03 Å². The van der Waals surface area contributed by atoms with Crippen LogP contribution in [-0.2, 0) is 4.57 Å². The number of rotatable bonds is 6. The second kappa shape index (κ2) is 7.09. The van der Waals surface area contributed by atoms with Crippen molar-refractivity contribution in [1.82, 2.24) is 0 Å². The molecule has 0 aliphatic carbocycles. The fourth-order valence-electron chi connectivity index (χ4n) is 5.31. The molecule has 2 nitrogen and oxygen atoms in total. The Morgan fingerprint density at radius 3 is 1.38 bits per heavy atom. The third kappa shape index (κ3) is 5.03. The highest BCUT2D eigenvalue weighted by molar-refractivity contribution is 7.36. The second-order valence-corrected chi connectivity index (χ2v) is 10.6. The molecular formula is C18H37O2P. The maximum atomic E-state index is 10.7. The van der Waals surface area contributed by atoms with Crippen LogP contribution in [0.4, 0.5) is 0 Å². The van der Waals surface area contributed by atoms with Crippen molar-refractivity contribution in [3.05, 3.63) is 0 Å². The van der Waals surface area contributed by atoms with E-state index in [4.69, 9.17) is 0 Å². The van der Waals surface area contributed by atoms with Crippen molar-refractivity contribution in [3.63, 3.8) is 0 Å². The van der Waals surface area contributed by atoms with E-state index in [1.807, 2.05) is 0 Å². The zero-order valence-electron chi connectivity index (χ0n) is 15.8. The molecule has 21 heavy (non-hydrogen) atoms. The van der Waals surface area contributed by atoms with E-state index < -0.39 is 8.03 Å². The molecule has 0 aliphatic rings. The monoisotopic (exact) mass is 316 g/mol. The van der Waals surface area contributed by atoms with E-state index >= 15 is 0 Å². The van der Waals surface area contributed by atoms with Crippen LogP contribution in [0.5, 0.6) is 0 Å². The molecule has 0 saturated heterocycles. The lowest BCUT2D eigenvalue weighted by Crippen LogP contribution is -2.54. The molecule has 0 amide bonds. The summed E-state index contributed by atoms with van der Waals surface area (Å²) in [6, 6.07) is 0. The largest absolute Gasteiger partial charge is 0.596 e. The summed E-state index contributed by atoms with van der Waals surface area (Å²) >= 11 is 0. The molecule has 126 valence electrons. The van der Waals surface area contributed by atoms with Crippen molar-refractivity contribution in [2.24, 2.45) is 21.7 Å². The fourth-order valence-corrected chi connectivity index (χ4v) is 5.79. The molecule has 0 heterocycles. The highest BCUT2D eigenvalue weighted by Gasteiger charge is 2.56. The highest BCUT2D eigenvalue weighted by Crippen LogP contribution is 2.63. The Bertz CT molecular complexity index is 304. The molecule has 3 heteroatoms. The summed E-state index contributed by atoms with van der Waals surface area (Å²) in [5.41, 5.74) is 0.806. The van der Waals surface area contributed by atoms with E-state index in [0.29, 0.717) is 6.16 Å². The van der Waals surface area contributed by atoms with Crippen molar-refractivity contribution in [2.45, 2.75) is 88.0 Å². The molecule has 0 saturated carbocycles. The van der Waals surface area contributed by atoms with Gasteiger partial charge in [0.25, 0.3) is 0 Å². The lowest BCUT2D eigenvalue weighted by Gasteiger charge is -2.62. The predicted molar refractivity (Wildman–Crippen MR) is 91.7 cm³/mol. The normalized spacial score (nSPS) is 15.2. The molecule has 1 atom stereocenters. The van der Waals surface area contributed by atoms with E-state index in [1.54, 1.807) is 0 Å². The first-order chi connectivity index (χ1) is 9.17. The molecule has 0 aromatic carbocycles. The molecule has 0 aliphatic heterocycles. The maximum Gasteiger partial charge on any atom is 0.308 e. The smallest absolute Gasteiger partial charge is 0.308 e. The number of hydrogen-bond donors (Lipinski definition) is 0. The number of hydrogen-bond acceptors (Lipinski definition) is 2. The average molecular weight is 316 g/mol. The summed E-state index contributed by atoms with van der Waals surface area (Å²) in [6.45, 7) is 21.2. The molecule has 0 rings (SSSR count). The van der Waals surface area contributed by atoms with Crippen molar-refractivity contribution in [1.29, 1.82) is 0 Å². The minimum atomic E-state index is -2.21. The highest BCUT2D eigenvalue weighted by atomic mass is 31.1. The minimum Gasteiger partial charge on any atom is -0.596 e. The predicted octanol–water partition coefficient (Wildman–Crippen LogP) is 5.77. The third-order valence-electron chi connectivity index (χ3n) is 5.23. The Hall–Kier alpha value is 0.0600. The second-order valence-electron chi connectivity index (χ2n) is 9.52. The summed E-state index contributed by atoms with van der Waals surface area (Å²) in [5, 5.41) is 0. The van der Waals surface area contributed by atoms with Gasteiger partial charge in [0.05, 0.1) is 0 Å². The lowest BCUT2D eigenvalue weighted by molar-refractivity contribution is -0.164. The van der Waals surface area contributed by atoms with Crippen LogP contribution in [0.2, 0.25) is 0 Å². The van der Waals surface area contributed by atoms with Crippen LogP contribution < -0.4 is 4.89 Å². The molecule has 0 N–H and O–H groups in total. The molecular weight excluding hydrogens is 279 g/mol. The van der Waals surface area contributed by atoms with E-state index in [-0.39, 0.29) is 21.7 Å². The first-order valence-electron chi connectivity index (χ1n) is 8.28. The lowest BCUT2D eigenvalue weighted by atomic mass is 9.43. The van der Waals surface area contributed by atoms with Gasteiger partial charge in [0, 0.05) is 0 Å². The fraction of sp³-hybridized carbons (Fsp3) is 1.00. The molecule has 0 aromatic rings. The summed E-state index contributed by atoms with van der Waals surface area (Å²) in [4.78, 5) is 10.7. The first kappa shape index (κ1) is 21.1. The van der Waals surface area contributed by atoms with Crippen molar-refractivity contribution < 1.29 is 9.46 Å². The summed E-state index contributed by atoms with van der Waals surface area (Å²) < 4.78 is 10.7. The molecule has 0 bridgehead atoms. The Balaban J connectivity index is 5.20. The van der Waals surface area contributed by atoms with Gasteiger partial charge in [-0.25, -0.2) is 0 Å². The van der Waals surface area contributed by atoms with Gasteiger partial charge in [-0.2, -0.15) is 0 Å². The standard InChI is InChI=1S/C18H37O2P/c1-15(2,3)18(16(4,5)6,17(7,8)9)13-11-10-12-14-21(19)20/h10-14H2,1-9H3. The van der Waals surface area contributed by atoms with Crippen molar-refractivity contribution in [3.8, 4) is 0 Å². The first-order valence-corrected chi connectivity index (χ1v) is 9.65. The Morgan fingerprint density at radius 2 is 1.10 bits per heavy atom. The van der Waals surface area contributed by atoms with Gasteiger partial charge in [-0.3, -0.25) is 0 Å². The summed E-state index contributed by atoms with van der Waals surface area (Å²) in [6.07, 6.45) is 4.40. The molecule has 0 radical (unpaired) electrons. The Labute approximate surface area is 134 Å². The van der Waals surface area contributed by atoms with Gasteiger partial charge >= 0.3 is 8.03 Å². The number of unbranched alkanes of at least 4 members (excludes halogenated alkanes) is 2. The van der Waals surface area contributed by atoms with E-state index in [1.165, 1.54) is 0 Å². The maximum absolute atomic E-state index is 10.7. The molecule has 1 unspecified atom stereocenters. The van der Waals surface area contributed by atoms with Gasteiger partial charge in [-0.15, -0.1) is 0 Å². The molecule has 0 fully saturated rings. The van der Waals surface area contributed by atoms with Gasteiger partial charge in [-0.05, 0) is 40.9 Å². The van der Waals surface area contributed by atoms with Gasteiger partial charge in [0.1, 0.15) is 6.16 Å². The molecule has 0 spiro atoms. The topological polar surface area (TPSA) is 40.1 Å². The minimum absolute atomic E-state index is 0.201. The summed E-state index contributed by atoms with van der Waals surface area (Å²) in [5.74, 6) is 0. The van der Waals surface area contributed by atoms with Crippen molar-refractivity contribution >= 4 is 8.03 Å². The van der Waals surface area contributed by atoms with Gasteiger partial charge in [-0.1, -0.05) is 73.3 Å². The Morgan fingerprint density at radius 1 is 0.714 bits per heavy atom. The van der Waals surface area contributed by atoms with Crippen LogP contribution in [0.1, 0.15) is 88.0 Å². The van der Waals surface area contributed by atoms with Crippen LogP contribution in [0.15, 0.2) is 0 Å². The molecule has 0 aromatic heterocycles. The van der Waals surface area contributed by atoms with Crippen LogP contribution in [0, 0.1) is 21.7 Å². The van der Waals surface area contributed by atoms with Gasteiger partial charge in [0.2, 0.25) is 0 Å². The van der Waals surface area contributed by atoms with Crippen LogP contribution in [-0.4, -0.2) is 6.16 Å².